The fourth-order valence-electron chi connectivity index (χ4n) is 2.61. The first-order valence-electron chi connectivity index (χ1n) is 6.99. The lowest BCUT2D eigenvalue weighted by Crippen LogP contribution is -2.40. The van der Waals surface area contributed by atoms with Crippen LogP contribution in [0.3, 0.4) is 0 Å². The second-order valence-electron chi connectivity index (χ2n) is 5.08. The van der Waals surface area contributed by atoms with Crippen molar-refractivity contribution >= 4 is 28.3 Å². The summed E-state index contributed by atoms with van der Waals surface area (Å²) in [5.41, 5.74) is 0.521. The molecular weight excluding hydrogens is 326 g/mol. The minimum atomic E-state index is -3.46. The highest BCUT2D eigenvalue weighted by Crippen LogP contribution is 2.20. The van der Waals surface area contributed by atoms with Gasteiger partial charge in [-0.05, 0) is 51.2 Å². The number of halogens is 1. The van der Waals surface area contributed by atoms with Crippen molar-refractivity contribution in [2.75, 3.05) is 27.2 Å². The Morgan fingerprint density at radius 2 is 1.91 bits per heavy atom. The molecule has 0 saturated carbocycles. The van der Waals surface area contributed by atoms with Crippen molar-refractivity contribution in [3.8, 4) is 0 Å². The Morgan fingerprint density at radius 1 is 1.27 bits per heavy atom. The van der Waals surface area contributed by atoms with Crippen molar-refractivity contribution in [1.82, 2.24) is 14.9 Å². The zero-order valence-electron chi connectivity index (χ0n) is 12.7. The SMILES string of the molecule is CNCC1CCCN1C(=O)c1ccc(S(=O)(=O)NC)cc1.Cl. The van der Waals surface area contributed by atoms with Crippen LogP contribution in [0.1, 0.15) is 23.2 Å². The van der Waals surface area contributed by atoms with Gasteiger partial charge in [0.05, 0.1) is 4.90 Å². The highest BCUT2D eigenvalue weighted by molar-refractivity contribution is 7.89. The van der Waals surface area contributed by atoms with Gasteiger partial charge >= 0.3 is 0 Å². The smallest absolute Gasteiger partial charge is 0.254 e. The molecule has 2 N–H and O–H groups in total. The van der Waals surface area contributed by atoms with Crippen molar-refractivity contribution in [3.05, 3.63) is 29.8 Å². The van der Waals surface area contributed by atoms with E-state index in [2.05, 4.69) is 10.0 Å². The van der Waals surface area contributed by atoms with Gasteiger partial charge in [0, 0.05) is 24.7 Å². The monoisotopic (exact) mass is 347 g/mol. The number of carbonyl (C=O) groups is 1. The molecule has 1 heterocycles. The molecule has 0 aliphatic carbocycles. The Bertz CT molecular complexity index is 604. The summed E-state index contributed by atoms with van der Waals surface area (Å²) < 4.78 is 25.6. The summed E-state index contributed by atoms with van der Waals surface area (Å²) in [6.45, 7) is 1.53. The molecule has 1 unspecified atom stereocenters. The average molecular weight is 348 g/mol. The van der Waals surface area contributed by atoms with Gasteiger partial charge in [0.2, 0.25) is 10.0 Å². The molecule has 124 valence electrons. The number of likely N-dealkylation sites (tertiary alicyclic amines) is 1. The number of benzene rings is 1. The molecule has 1 aromatic rings. The zero-order valence-corrected chi connectivity index (χ0v) is 14.3. The van der Waals surface area contributed by atoms with Crippen molar-refractivity contribution in [2.45, 2.75) is 23.8 Å². The number of likely N-dealkylation sites (N-methyl/N-ethyl adjacent to an activating group) is 1. The molecular formula is C14H22ClN3O3S. The first-order chi connectivity index (χ1) is 9.99. The Kier molecular flexibility index (Phi) is 6.80. The molecule has 0 bridgehead atoms. The third-order valence-corrected chi connectivity index (χ3v) is 5.19. The van der Waals surface area contributed by atoms with Crippen LogP contribution >= 0.6 is 12.4 Å². The molecule has 0 aromatic heterocycles. The van der Waals surface area contributed by atoms with E-state index in [0.717, 1.165) is 25.9 Å². The maximum absolute atomic E-state index is 12.5. The van der Waals surface area contributed by atoms with Crippen LogP contribution < -0.4 is 10.0 Å². The van der Waals surface area contributed by atoms with Gasteiger partial charge in [0.1, 0.15) is 0 Å². The van der Waals surface area contributed by atoms with E-state index in [9.17, 15) is 13.2 Å². The van der Waals surface area contributed by atoms with E-state index < -0.39 is 10.0 Å². The topological polar surface area (TPSA) is 78.5 Å². The molecule has 1 fully saturated rings. The predicted octanol–water partition coefficient (Wildman–Crippen LogP) is 0.841. The minimum absolute atomic E-state index is 0. The standard InChI is InChI=1S/C14H21N3O3S.ClH/c1-15-10-12-4-3-9-17(12)14(18)11-5-7-13(8-6-11)21(19,20)16-2;/h5-8,12,15-16H,3-4,9-10H2,1-2H3;1H. The van der Waals surface area contributed by atoms with Crippen LogP contribution in [0.2, 0.25) is 0 Å². The molecule has 1 aliphatic heterocycles. The summed E-state index contributed by atoms with van der Waals surface area (Å²) in [6.07, 6.45) is 2.00. The van der Waals surface area contributed by atoms with Crippen molar-refractivity contribution < 1.29 is 13.2 Å². The second kappa shape index (κ2) is 7.92. The van der Waals surface area contributed by atoms with Crippen LogP contribution in [0.15, 0.2) is 29.2 Å². The number of hydrogen-bond donors (Lipinski definition) is 2. The fourth-order valence-corrected chi connectivity index (χ4v) is 3.34. The lowest BCUT2D eigenvalue weighted by molar-refractivity contribution is 0.0737. The molecule has 1 saturated heterocycles. The average Bonchev–Trinajstić information content (AvgIpc) is 2.95. The van der Waals surface area contributed by atoms with E-state index >= 15 is 0 Å². The fraction of sp³-hybridized carbons (Fsp3) is 0.500. The summed E-state index contributed by atoms with van der Waals surface area (Å²) in [6, 6.07) is 6.27. The van der Waals surface area contributed by atoms with Crippen LogP contribution in [-0.4, -0.2) is 52.5 Å². The van der Waals surface area contributed by atoms with Crippen molar-refractivity contribution in [1.29, 1.82) is 0 Å². The second-order valence-corrected chi connectivity index (χ2v) is 6.97. The Labute approximate surface area is 137 Å². The highest BCUT2D eigenvalue weighted by atomic mass is 35.5. The summed E-state index contributed by atoms with van der Waals surface area (Å²) in [4.78, 5) is 14.5. The quantitative estimate of drug-likeness (QED) is 0.827. The normalized spacial score (nSPS) is 18.1. The molecule has 1 aliphatic rings. The molecule has 0 radical (unpaired) electrons. The first-order valence-corrected chi connectivity index (χ1v) is 8.47. The van der Waals surface area contributed by atoms with E-state index in [0.29, 0.717) is 5.56 Å². The number of nitrogens with one attached hydrogen (secondary N) is 2. The third kappa shape index (κ3) is 3.98. The van der Waals surface area contributed by atoms with Gasteiger partial charge in [-0.15, -0.1) is 12.4 Å². The van der Waals surface area contributed by atoms with Gasteiger partial charge in [0.15, 0.2) is 0 Å². The molecule has 1 amide bonds. The van der Waals surface area contributed by atoms with Gasteiger partial charge in [-0.1, -0.05) is 0 Å². The molecule has 1 atom stereocenters. The van der Waals surface area contributed by atoms with E-state index in [1.165, 1.54) is 19.2 Å². The molecule has 1 aromatic carbocycles. The lowest BCUT2D eigenvalue weighted by atomic mass is 10.1. The highest BCUT2D eigenvalue weighted by Gasteiger charge is 2.28. The van der Waals surface area contributed by atoms with Crippen molar-refractivity contribution in [2.24, 2.45) is 0 Å². The van der Waals surface area contributed by atoms with E-state index in [4.69, 9.17) is 0 Å². The van der Waals surface area contributed by atoms with Crippen molar-refractivity contribution in [3.63, 3.8) is 0 Å². The number of hydrogen-bond acceptors (Lipinski definition) is 4. The molecule has 2 rings (SSSR count). The lowest BCUT2D eigenvalue weighted by Gasteiger charge is -2.24. The summed E-state index contributed by atoms with van der Waals surface area (Å²) in [5.74, 6) is -0.0406. The van der Waals surface area contributed by atoms with Gasteiger partial charge < -0.3 is 10.2 Å². The van der Waals surface area contributed by atoms with Gasteiger partial charge in [-0.3, -0.25) is 4.79 Å². The Balaban J connectivity index is 0.00000242. The maximum atomic E-state index is 12.5. The molecule has 8 heteroatoms. The van der Waals surface area contributed by atoms with Crippen LogP contribution in [-0.2, 0) is 10.0 Å². The Hall–Kier alpha value is -1.15. The summed E-state index contributed by atoms with van der Waals surface area (Å²) in [5, 5.41) is 3.10. The van der Waals surface area contributed by atoms with Crippen LogP contribution in [0.4, 0.5) is 0 Å². The predicted molar refractivity (Wildman–Crippen MR) is 87.9 cm³/mol. The van der Waals surface area contributed by atoms with Crippen LogP contribution in [0.5, 0.6) is 0 Å². The number of sulfonamides is 1. The zero-order chi connectivity index (χ0) is 15.5. The molecule has 6 nitrogen and oxygen atoms in total. The van der Waals surface area contributed by atoms with Gasteiger partial charge in [0.25, 0.3) is 5.91 Å². The minimum Gasteiger partial charge on any atom is -0.334 e. The van der Waals surface area contributed by atoms with Gasteiger partial charge in [-0.2, -0.15) is 0 Å². The maximum Gasteiger partial charge on any atom is 0.254 e. The third-order valence-electron chi connectivity index (χ3n) is 3.76. The summed E-state index contributed by atoms with van der Waals surface area (Å²) in [7, 11) is -0.229. The number of rotatable bonds is 5. The largest absolute Gasteiger partial charge is 0.334 e. The van der Waals surface area contributed by atoms with Crippen LogP contribution in [0, 0.1) is 0 Å². The van der Waals surface area contributed by atoms with Gasteiger partial charge in [-0.25, -0.2) is 13.1 Å². The molecule has 22 heavy (non-hydrogen) atoms. The Morgan fingerprint density at radius 3 is 2.45 bits per heavy atom. The number of nitrogens with zero attached hydrogens (tertiary/aromatic N) is 1. The first kappa shape index (κ1) is 18.9. The van der Waals surface area contributed by atoms with E-state index in [-0.39, 0.29) is 29.3 Å². The van der Waals surface area contributed by atoms with E-state index in [1.54, 1.807) is 12.1 Å². The van der Waals surface area contributed by atoms with Crippen LogP contribution in [0.25, 0.3) is 0 Å². The molecule has 0 spiro atoms. The van der Waals surface area contributed by atoms with E-state index in [1.807, 2.05) is 11.9 Å². The summed E-state index contributed by atoms with van der Waals surface area (Å²) >= 11 is 0. The number of amides is 1. The number of carbonyl (C=O) groups excluding carboxylic acids is 1.